The molecule has 1 aliphatic heterocycles. The molecular weight excluding hydrogens is 234 g/mol. The lowest BCUT2D eigenvalue weighted by molar-refractivity contribution is -0.387. The maximum absolute atomic E-state index is 13.1. The van der Waals surface area contributed by atoms with E-state index in [2.05, 4.69) is 4.74 Å². The zero-order valence-electron chi connectivity index (χ0n) is 7.42. The van der Waals surface area contributed by atoms with Crippen molar-refractivity contribution in [1.29, 1.82) is 0 Å². The predicted octanol–water partition coefficient (Wildman–Crippen LogP) is 2.67. The highest BCUT2D eigenvalue weighted by molar-refractivity contribution is 5.56. The van der Waals surface area contributed by atoms with Crippen molar-refractivity contribution in [3.05, 3.63) is 33.9 Å². The van der Waals surface area contributed by atoms with E-state index in [1.54, 1.807) is 0 Å². The number of benzene rings is 1. The van der Waals surface area contributed by atoms with Gasteiger partial charge in [-0.25, -0.2) is 0 Å². The largest absolute Gasteiger partial charge is 0.469 e. The number of nitro benzene ring substituents is 1. The van der Waals surface area contributed by atoms with Gasteiger partial charge < -0.3 is 4.74 Å². The molecule has 0 saturated heterocycles. The molecule has 0 radical (unpaired) electrons. The Bertz CT molecular complexity index is 474. The third kappa shape index (κ3) is 1.15. The highest BCUT2D eigenvalue weighted by Gasteiger charge is 2.68. The van der Waals surface area contributed by atoms with Crippen LogP contribution in [0.25, 0.3) is 0 Å². The summed E-state index contributed by atoms with van der Waals surface area (Å²) >= 11 is 0. The van der Waals surface area contributed by atoms with Gasteiger partial charge in [-0.05, 0) is 6.07 Å². The Kier molecular flexibility index (Phi) is 1.89. The summed E-state index contributed by atoms with van der Waals surface area (Å²) in [4.78, 5) is 9.36. The number of ether oxygens (including phenoxy) is 1. The van der Waals surface area contributed by atoms with Crippen LogP contribution in [0.4, 0.5) is 23.2 Å². The van der Waals surface area contributed by atoms with Gasteiger partial charge in [0, 0.05) is 6.07 Å². The van der Waals surface area contributed by atoms with Gasteiger partial charge in [0.1, 0.15) is 0 Å². The number of fused-ring (bicyclic) bond motifs is 1. The number of halogens is 4. The number of alkyl halides is 4. The zero-order valence-corrected chi connectivity index (χ0v) is 7.42. The second-order valence-corrected chi connectivity index (χ2v) is 3.10. The van der Waals surface area contributed by atoms with E-state index >= 15 is 0 Å². The van der Waals surface area contributed by atoms with Gasteiger partial charge in [-0.3, -0.25) is 10.1 Å². The highest BCUT2D eigenvalue weighted by Crippen LogP contribution is 2.55. The maximum Gasteiger partial charge on any atom is 0.469 e. The summed E-state index contributed by atoms with van der Waals surface area (Å²) in [7, 11) is 0. The van der Waals surface area contributed by atoms with E-state index in [1.807, 2.05) is 0 Å². The molecule has 0 aromatic heterocycles. The van der Waals surface area contributed by atoms with E-state index < -0.39 is 34.0 Å². The van der Waals surface area contributed by atoms with Crippen LogP contribution in [0, 0.1) is 10.1 Å². The van der Waals surface area contributed by atoms with Crippen LogP contribution in [0.1, 0.15) is 5.56 Å². The molecule has 0 aliphatic carbocycles. The van der Waals surface area contributed by atoms with Gasteiger partial charge in [0.2, 0.25) is 5.75 Å². The summed E-state index contributed by atoms with van der Waals surface area (Å²) in [6.07, 6.45) is -4.76. The predicted molar refractivity (Wildman–Crippen MR) is 42.6 cm³/mol. The molecule has 1 aromatic carbocycles. The first-order chi connectivity index (χ1) is 7.27. The minimum atomic E-state index is -4.76. The molecule has 86 valence electrons. The van der Waals surface area contributed by atoms with Crippen molar-refractivity contribution in [2.24, 2.45) is 0 Å². The van der Waals surface area contributed by atoms with E-state index in [1.165, 1.54) is 0 Å². The van der Waals surface area contributed by atoms with Crippen molar-refractivity contribution in [2.75, 3.05) is 0 Å². The molecule has 0 saturated carbocycles. The van der Waals surface area contributed by atoms with Crippen molar-refractivity contribution in [3.8, 4) is 5.75 Å². The van der Waals surface area contributed by atoms with Crippen molar-refractivity contribution >= 4 is 5.69 Å². The van der Waals surface area contributed by atoms with Crippen molar-refractivity contribution in [2.45, 2.75) is 12.0 Å². The number of rotatable bonds is 1. The van der Waals surface area contributed by atoms with E-state index in [9.17, 15) is 27.7 Å². The molecule has 1 heterocycles. The lowest BCUT2D eigenvalue weighted by Crippen LogP contribution is -2.36. The molecule has 0 N–H and O–H groups in total. The third-order valence-corrected chi connectivity index (χ3v) is 2.12. The van der Waals surface area contributed by atoms with Gasteiger partial charge in [-0.2, -0.15) is 17.6 Å². The summed E-state index contributed by atoms with van der Waals surface area (Å²) in [5, 5.41) is 10.4. The molecule has 4 nitrogen and oxygen atoms in total. The quantitative estimate of drug-likeness (QED) is 0.428. The third-order valence-electron chi connectivity index (χ3n) is 2.12. The molecule has 1 aliphatic rings. The minimum absolute atomic E-state index is 0.670. The molecule has 0 bridgehead atoms. The van der Waals surface area contributed by atoms with E-state index in [0.717, 1.165) is 12.1 Å². The Labute approximate surface area is 85.6 Å². The standard InChI is InChI=1S/C8H3F4NO3/c9-7(10)4-2-1-3-5(13(14)15)6(4)16-8(7,11)12/h1-3H. The molecule has 0 fully saturated rings. The molecule has 2 rings (SSSR count). The summed E-state index contributed by atoms with van der Waals surface area (Å²) in [5.41, 5.74) is -2.08. The number of nitrogens with zero attached hydrogens (tertiary/aromatic N) is 1. The second-order valence-electron chi connectivity index (χ2n) is 3.10. The van der Waals surface area contributed by atoms with Crippen LogP contribution in [0.2, 0.25) is 0 Å². The Morgan fingerprint density at radius 1 is 1.25 bits per heavy atom. The van der Waals surface area contributed by atoms with Gasteiger partial charge >= 0.3 is 17.7 Å². The van der Waals surface area contributed by atoms with Gasteiger partial charge in [-0.15, -0.1) is 0 Å². The molecular formula is C8H3F4NO3. The fourth-order valence-corrected chi connectivity index (χ4v) is 1.37. The van der Waals surface area contributed by atoms with Gasteiger partial charge in [0.25, 0.3) is 0 Å². The van der Waals surface area contributed by atoms with Crippen LogP contribution in [-0.2, 0) is 5.92 Å². The monoisotopic (exact) mass is 237 g/mol. The van der Waals surface area contributed by atoms with Gasteiger partial charge in [0.05, 0.1) is 10.5 Å². The topological polar surface area (TPSA) is 52.4 Å². The van der Waals surface area contributed by atoms with Crippen molar-refractivity contribution in [3.63, 3.8) is 0 Å². The molecule has 1 aromatic rings. The van der Waals surface area contributed by atoms with Gasteiger partial charge in [-0.1, -0.05) is 6.07 Å². The molecule has 16 heavy (non-hydrogen) atoms. The summed E-state index contributed by atoms with van der Waals surface area (Å²) in [5.74, 6) is -5.64. The van der Waals surface area contributed by atoms with Crippen LogP contribution in [0.15, 0.2) is 18.2 Å². The SMILES string of the molecule is O=[N+]([O-])c1cccc2c1OC(F)(F)C2(F)F. The van der Waals surface area contributed by atoms with E-state index in [0.29, 0.717) is 6.07 Å². The van der Waals surface area contributed by atoms with Gasteiger partial charge in [0.15, 0.2) is 0 Å². The Hall–Kier alpha value is -1.86. The van der Waals surface area contributed by atoms with Crippen molar-refractivity contribution in [1.82, 2.24) is 0 Å². The fraction of sp³-hybridized carbons (Fsp3) is 0.250. The van der Waals surface area contributed by atoms with E-state index in [4.69, 9.17) is 0 Å². The van der Waals surface area contributed by atoms with E-state index in [-0.39, 0.29) is 0 Å². The second kappa shape index (κ2) is 2.83. The lowest BCUT2D eigenvalue weighted by atomic mass is 10.1. The average Bonchev–Trinajstić information content (AvgIpc) is 2.33. The first-order valence-corrected chi connectivity index (χ1v) is 4.00. The molecule has 0 spiro atoms. The molecule has 0 amide bonds. The molecule has 8 heteroatoms. The Balaban J connectivity index is 2.68. The summed E-state index contributed by atoms with van der Waals surface area (Å²) in [6, 6.07) is 2.38. The maximum atomic E-state index is 13.1. The fourth-order valence-electron chi connectivity index (χ4n) is 1.37. The number of nitro groups is 1. The first-order valence-electron chi connectivity index (χ1n) is 4.00. The minimum Gasteiger partial charge on any atom is -0.420 e. The normalized spacial score (nSPS) is 20.0. The van der Waals surface area contributed by atoms with Crippen molar-refractivity contribution < 1.29 is 27.2 Å². The first kappa shape index (κ1) is 10.7. The number of hydrogen-bond donors (Lipinski definition) is 0. The summed E-state index contributed by atoms with van der Waals surface area (Å²) in [6.45, 7) is 0. The lowest BCUT2D eigenvalue weighted by Gasteiger charge is -2.15. The van der Waals surface area contributed by atoms with Crippen LogP contribution in [0.3, 0.4) is 0 Å². The van der Waals surface area contributed by atoms with Crippen LogP contribution < -0.4 is 4.74 Å². The molecule has 0 atom stereocenters. The van der Waals surface area contributed by atoms with Crippen LogP contribution in [0.5, 0.6) is 5.75 Å². The van der Waals surface area contributed by atoms with Crippen LogP contribution >= 0.6 is 0 Å². The average molecular weight is 237 g/mol. The Morgan fingerprint density at radius 2 is 1.88 bits per heavy atom. The van der Waals surface area contributed by atoms with Crippen LogP contribution in [-0.4, -0.2) is 11.0 Å². The zero-order chi connectivity index (χ0) is 12.1. The number of hydrogen-bond acceptors (Lipinski definition) is 3. The Morgan fingerprint density at radius 3 is 2.44 bits per heavy atom. The molecule has 0 unspecified atom stereocenters. The summed E-state index contributed by atoms with van der Waals surface area (Å²) < 4.78 is 55.3. The smallest absolute Gasteiger partial charge is 0.420 e. The number of para-hydroxylation sites is 1. The highest BCUT2D eigenvalue weighted by atomic mass is 19.3.